The highest BCUT2D eigenvalue weighted by Crippen LogP contribution is 2.39. The first-order valence-electron chi connectivity index (χ1n) is 7.24. The number of rotatable bonds is 3. The highest BCUT2D eigenvalue weighted by atomic mass is 127. The summed E-state index contributed by atoms with van der Waals surface area (Å²) in [5, 5.41) is 3.06. The Morgan fingerprint density at radius 3 is 2.65 bits per heavy atom. The molecule has 0 unspecified atom stereocenters. The second kappa shape index (κ2) is 6.43. The SMILES string of the molecule is Cc1ccc(NC(=O)C2(CN)CCC(C)CC2)cc1I. The number of halogens is 1. The van der Waals surface area contributed by atoms with Gasteiger partial charge in [0, 0.05) is 15.8 Å². The lowest BCUT2D eigenvalue weighted by molar-refractivity contribution is -0.127. The van der Waals surface area contributed by atoms with E-state index in [1.807, 2.05) is 18.2 Å². The Hall–Kier alpha value is -0.620. The van der Waals surface area contributed by atoms with Gasteiger partial charge in [0.1, 0.15) is 0 Å². The molecule has 1 aromatic rings. The zero-order chi connectivity index (χ0) is 14.8. The predicted molar refractivity (Wildman–Crippen MR) is 91.6 cm³/mol. The third-order valence-electron chi connectivity index (χ3n) is 4.53. The number of carbonyl (C=O) groups excluding carboxylic acids is 1. The molecule has 0 spiro atoms. The molecule has 1 aliphatic carbocycles. The van der Waals surface area contributed by atoms with Crippen molar-refractivity contribution in [2.45, 2.75) is 39.5 Å². The Kier molecular flexibility index (Phi) is 5.07. The fourth-order valence-electron chi connectivity index (χ4n) is 2.77. The average Bonchev–Trinajstić information content (AvgIpc) is 2.44. The van der Waals surface area contributed by atoms with Crippen LogP contribution in [0.5, 0.6) is 0 Å². The minimum Gasteiger partial charge on any atom is -0.329 e. The fourth-order valence-corrected chi connectivity index (χ4v) is 3.29. The maximum absolute atomic E-state index is 12.6. The van der Waals surface area contributed by atoms with E-state index < -0.39 is 0 Å². The lowest BCUT2D eigenvalue weighted by atomic mass is 9.70. The van der Waals surface area contributed by atoms with Crippen molar-refractivity contribution in [1.29, 1.82) is 0 Å². The Balaban J connectivity index is 2.11. The molecule has 0 radical (unpaired) electrons. The monoisotopic (exact) mass is 386 g/mol. The summed E-state index contributed by atoms with van der Waals surface area (Å²) in [6.45, 7) is 4.76. The average molecular weight is 386 g/mol. The van der Waals surface area contributed by atoms with Crippen LogP contribution >= 0.6 is 22.6 Å². The third-order valence-corrected chi connectivity index (χ3v) is 5.70. The van der Waals surface area contributed by atoms with E-state index in [1.165, 1.54) is 9.13 Å². The Morgan fingerprint density at radius 2 is 2.10 bits per heavy atom. The largest absolute Gasteiger partial charge is 0.329 e. The quantitative estimate of drug-likeness (QED) is 0.779. The van der Waals surface area contributed by atoms with E-state index in [4.69, 9.17) is 5.73 Å². The van der Waals surface area contributed by atoms with Crippen LogP contribution in [0, 0.1) is 21.8 Å². The van der Waals surface area contributed by atoms with E-state index in [1.54, 1.807) is 0 Å². The van der Waals surface area contributed by atoms with Gasteiger partial charge in [-0.1, -0.05) is 13.0 Å². The van der Waals surface area contributed by atoms with Crippen LogP contribution in [0.25, 0.3) is 0 Å². The molecule has 1 fully saturated rings. The van der Waals surface area contributed by atoms with E-state index >= 15 is 0 Å². The molecule has 2 rings (SSSR count). The number of nitrogens with one attached hydrogen (secondary N) is 1. The Bertz CT molecular complexity index is 493. The molecule has 0 aromatic heterocycles. The van der Waals surface area contributed by atoms with Crippen LogP contribution in [0.2, 0.25) is 0 Å². The number of benzene rings is 1. The number of hydrogen-bond acceptors (Lipinski definition) is 2. The van der Waals surface area contributed by atoms with Crippen molar-refractivity contribution in [1.82, 2.24) is 0 Å². The first-order valence-corrected chi connectivity index (χ1v) is 8.32. The van der Waals surface area contributed by atoms with Crippen LogP contribution in [0.4, 0.5) is 5.69 Å². The van der Waals surface area contributed by atoms with Gasteiger partial charge in [0.2, 0.25) is 5.91 Å². The summed E-state index contributed by atoms with van der Waals surface area (Å²) in [4.78, 5) is 12.6. The van der Waals surface area contributed by atoms with Gasteiger partial charge in [0.05, 0.1) is 5.41 Å². The van der Waals surface area contributed by atoms with Crippen molar-refractivity contribution in [3.8, 4) is 0 Å². The van der Waals surface area contributed by atoms with Gasteiger partial charge in [-0.2, -0.15) is 0 Å². The van der Waals surface area contributed by atoms with Gasteiger partial charge < -0.3 is 11.1 Å². The maximum Gasteiger partial charge on any atom is 0.231 e. The normalized spacial score (nSPS) is 26.3. The summed E-state index contributed by atoms with van der Waals surface area (Å²) in [5.41, 5.74) is 7.66. The van der Waals surface area contributed by atoms with Crippen molar-refractivity contribution in [2.24, 2.45) is 17.1 Å². The zero-order valence-electron chi connectivity index (χ0n) is 12.2. The Labute approximate surface area is 134 Å². The molecule has 3 N–H and O–H groups in total. The van der Waals surface area contributed by atoms with E-state index in [0.717, 1.165) is 31.4 Å². The molecule has 1 saturated carbocycles. The zero-order valence-corrected chi connectivity index (χ0v) is 14.4. The van der Waals surface area contributed by atoms with Crippen LogP contribution in [-0.4, -0.2) is 12.5 Å². The van der Waals surface area contributed by atoms with Gasteiger partial charge in [-0.05, 0) is 78.8 Å². The first kappa shape index (κ1) is 15.8. The minimum atomic E-state index is -0.372. The van der Waals surface area contributed by atoms with Crippen molar-refractivity contribution in [2.75, 3.05) is 11.9 Å². The highest BCUT2D eigenvalue weighted by molar-refractivity contribution is 14.1. The fraction of sp³-hybridized carbons (Fsp3) is 0.562. The molecule has 0 bridgehead atoms. The number of hydrogen-bond donors (Lipinski definition) is 2. The van der Waals surface area contributed by atoms with Crippen LogP contribution in [0.3, 0.4) is 0 Å². The molecule has 4 heteroatoms. The summed E-state index contributed by atoms with van der Waals surface area (Å²) in [6, 6.07) is 6.02. The van der Waals surface area contributed by atoms with Crippen LogP contribution in [-0.2, 0) is 4.79 Å². The lowest BCUT2D eigenvalue weighted by Gasteiger charge is -2.37. The molecule has 20 heavy (non-hydrogen) atoms. The number of nitrogens with two attached hydrogens (primary N) is 1. The first-order chi connectivity index (χ1) is 9.47. The van der Waals surface area contributed by atoms with Crippen molar-refractivity contribution in [3.63, 3.8) is 0 Å². The van der Waals surface area contributed by atoms with E-state index in [2.05, 4.69) is 41.8 Å². The highest BCUT2D eigenvalue weighted by Gasteiger charge is 2.39. The maximum atomic E-state index is 12.6. The van der Waals surface area contributed by atoms with Gasteiger partial charge in [0.25, 0.3) is 0 Å². The van der Waals surface area contributed by atoms with Gasteiger partial charge in [0.15, 0.2) is 0 Å². The van der Waals surface area contributed by atoms with Crippen LogP contribution in [0.15, 0.2) is 18.2 Å². The molecule has 0 saturated heterocycles. The summed E-state index contributed by atoms with van der Waals surface area (Å²) < 4.78 is 1.17. The number of amides is 1. The predicted octanol–water partition coefficient (Wildman–Crippen LogP) is 3.69. The second-order valence-electron chi connectivity index (χ2n) is 6.09. The van der Waals surface area contributed by atoms with Gasteiger partial charge in [-0.3, -0.25) is 4.79 Å². The van der Waals surface area contributed by atoms with Crippen LogP contribution < -0.4 is 11.1 Å². The summed E-state index contributed by atoms with van der Waals surface area (Å²) in [6.07, 6.45) is 3.99. The molecular formula is C16H23IN2O. The lowest BCUT2D eigenvalue weighted by Crippen LogP contribution is -2.44. The molecule has 1 amide bonds. The van der Waals surface area contributed by atoms with Gasteiger partial charge in [-0.25, -0.2) is 0 Å². The molecule has 0 heterocycles. The number of aryl methyl sites for hydroxylation is 1. The molecule has 0 aliphatic heterocycles. The van der Waals surface area contributed by atoms with Gasteiger partial charge >= 0.3 is 0 Å². The summed E-state index contributed by atoms with van der Waals surface area (Å²) in [5.74, 6) is 0.800. The minimum absolute atomic E-state index is 0.0894. The van der Waals surface area contributed by atoms with E-state index in [-0.39, 0.29) is 11.3 Å². The van der Waals surface area contributed by atoms with Crippen LogP contribution in [0.1, 0.15) is 38.2 Å². The smallest absolute Gasteiger partial charge is 0.231 e. The molecule has 1 aliphatic rings. The van der Waals surface area contributed by atoms with Gasteiger partial charge in [-0.15, -0.1) is 0 Å². The molecule has 110 valence electrons. The molecule has 1 aromatic carbocycles. The number of carbonyl (C=O) groups is 1. The standard InChI is InChI=1S/C16H23IN2O/c1-11-5-7-16(10-18,8-6-11)15(20)19-13-4-3-12(2)14(17)9-13/h3-4,9,11H,5-8,10,18H2,1-2H3,(H,19,20). The number of anilines is 1. The third kappa shape index (κ3) is 3.34. The second-order valence-corrected chi connectivity index (χ2v) is 7.25. The topological polar surface area (TPSA) is 55.1 Å². The van der Waals surface area contributed by atoms with E-state index in [9.17, 15) is 4.79 Å². The molecule has 3 nitrogen and oxygen atoms in total. The van der Waals surface area contributed by atoms with Crippen molar-refractivity contribution < 1.29 is 4.79 Å². The Morgan fingerprint density at radius 1 is 1.45 bits per heavy atom. The van der Waals surface area contributed by atoms with Crippen molar-refractivity contribution >= 4 is 34.2 Å². The van der Waals surface area contributed by atoms with E-state index in [0.29, 0.717) is 12.5 Å². The summed E-state index contributed by atoms with van der Waals surface area (Å²) >= 11 is 2.29. The molecule has 0 atom stereocenters. The summed E-state index contributed by atoms with van der Waals surface area (Å²) in [7, 11) is 0. The molecular weight excluding hydrogens is 363 g/mol. The van der Waals surface area contributed by atoms with Crippen molar-refractivity contribution in [3.05, 3.63) is 27.3 Å².